The Labute approximate surface area is 135 Å². The fourth-order valence-corrected chi connectivity index (χ4v) is 2.79. The molecule has 0 radical (unpaired) electrons. The van der Waals surface area contributed by atoms with Gasteiger partial charge in [0.05, 0.1) is 25.5 Å². The average Bonchev–Trinajstić information content (AvgIpc) is 3.34. The molecule has 2 heterocycles. The molecule has 0 amide bonds. The van der Waals surface area contributed by atoms with Crippen LogP contribution in [0.25, 0.3) is 11.3 Å². The Morgan fingerprint density at radius 2 is 2.04 bits per heavy atom. The van der Waals surface area contributed by atoms with Crippen LogP contribution >= 0.6 is 0 Å². The van der Waals surface area contributed by atoms with Crippen molar-refractivity contribution in [3.8, 4) is 23.1 Å². The van der Waals surface area contributed by atoms with E-state index in [4.69, 9.17) is 9.47 Å². The molecule has 6 nitrogen and oxygen atoms in total. The lowest BCUT2D eigenvalue weighted by Gasteiger charge is -2.09. The van der Waals surface area contributed by atoms with Gasteiger partial charge in [-0.1, -0.05) is 12.2 Å². The molecule has 3 rings (SSSR count). The highest BCUT2D eigenvalue weighted by Crippen LogP contribution is 2.49. The quantitative estimate of drug-likeness (QED) is 0.791. The average molecular weight is 312 g/mol. The van der Waals surface area contributed by atoms with Gasteiger partial charge < -0.3 is 9.47 Å². The molecule has 0 spiro atoms. The molecule has 2 aromatic rings. The van der Waals surface area contributed by atoms with E-state index in [1.807, 2.05) is 6.92 Å². The van der Waals surface area contributed by atoms with Gasteiger partial charge in [-0.15, -0.1) is 5.10 Å². The topological polar surface area (TPSA) is 70.0 Å². The predicted molar refractivity (Wildman–Crippen MR) is 86.6 cm³/mol. The van der Waals surface area contributed by atoms with Crippen molar-refractivity contribution in [2.45, 2.75) is 26.2 Å². The minimum atomic E-state index is 0.265. The summed E-state index contributed by atoms with van der Waals surface area (Å²) in [4.78, 5) is 8.36. The maximum absolute atomic E-state index is 5.34. The Balaban J connectivity index is 1.98. The smallest absolute Gasteiger partial charge is 0.319 e. The molecule has 2 atom stereocenters. The Morgan fingerprint density at radius 1 is 1.22 bits per heavy atom. The van der Waals surface area contributed by atoms with Gasteiger partial charge in [0.1, 0.15) is 5.69 Å². The lowest BCUT2D eigenvalue weighted by molar-refractivity contribution is 0.353. The normalized spacial score (nSPS) is 19.8. The summed E-state index contributed by atoms with van der Waals surface area (Å²) >= 11 is 0. The van der Waals surface area contributed by atoms with Gasteiger partial charge in [0.15, 0.2) is 0 Å². The Morgan fingerprint density at radius 3 is 2.74 bits per heavy atom. The number of allylic oxidation sites excluding steroid dienone is 2. The molecule has 1 aliphatic carbocycles. The van der Waals surface area contributed by atoms with Crippen molar-refractivity contribution in [3.05, 3.63) is 35.7 Å². The van der Waals surface area contributed by atoms with Gasteiger partial charge >= 0.3 is 6.01 Å². The molecule has 0 aliphatic heterocycles. The van der Waals surface area contributed by atoms with E-state index >= 15 is 0 Å². The van der Waals surface area contributed by atoms with Crippen molar-refractivity contribution >= 4 is 0 Å². The number of methoxy groups -OCH3 is 2. The molecule has 1 unspecified atom stereocenters. The highest BCUT2D eigenvalue weighted by Gasteiger charge is 2.37. The summed E-state index contributed by atoms with van der Waals surface area (Å²) in [6, 6.07) is 2.34. The van der Waals surface area contributed by atoms with Crippen LogP contribution in [0.2, 0.25) is 0 Å². The van der Waals surface area contributed by atoms with Crippen molar-refractivity contribution in [1.82, 2.24) is 20.2 Å². The molecule has 2 aromatic heterocycles. The maximum Gasteiger partial charge on any atom is 0.319 e. The van der Waals surface area contributed by atoms with Gasteiger partial charge in [-0.25, -0.2) is 4.98 Å². The van der Waals surface area contributed by atoms with E-state index in [2.05, 4.69) is 45.3 Å². The van der Waals surface area contributed by atoms with Crippen LogP contribution in [0.15, 0.2) is 24.4 Å². The second-order valence-corrected chi connectivity index (χ2v) is 5.58. The van der Waals surface area contributed by atoms with Crippen molar-refractivity contribution in [1.29, 1.82) is 0 Å². The zero-order valence-electron chi connectivity index (χ0n) is 13.8. The maximum atomic E-state index is 5.34. The summed E-state index contributed by atoms with van der Waals surface area (Å²) in [5.74, 6) is 1.55. The third kappa shape index (κ3) is 3.02. The number of hydrogen-bond donors (Lipinski definition) is 0. The molecular weight excluding hydrogens is 292 g/mol. The molecule has 120 valence electrons. The fourth-order valence-electron chi connectivity index (χ4n) is 2.79. The van der Waals surface area contributed by atoms with Crippen LogP contribution < -0.4 is 9.47 Å². The summed E-state index contributed by atoms with van der Waals surface area (Å²) in [6.07, 6.45) is 7.17. The lowest BCUT2D eigenvalue weighted by Crippen LogP contribution is -2.01. The number of aromatic nitrogens is 4. The molecule has 6 heteroatoms. The van der Waals surface area contributed by atoms with E-state index < -0.39 is 0 Å². The zero-order valence-corrected chi connectivity index (χ0v) is 13.8. The van der Waals surface area contributed by atoms with Gasteiger partial charge in [0, 0.05) is 6.20 Å². The standard InChI is InChI=1S/C17H20N4O2/c1-5-6-11-7-13(11)12-8-15(21-20-10(12)2)14-9-18-17(23-4)19-16(14)22-3/h5-6,8-9,11,13H,7H2,1-4H3/b6-5+/t11-,13?/m0/s1. The van der Waals surface area contributed by atoms with Crippen molar-refractivity contribution in [2.24, 2.45) is 5.92 Å². The molecule has 1 aliphatic rings. The summed E-state index contributed by atoms with van der Waals surface area (Å²) in [6.45, 7) is 4.05. The SMILES string of the molecule is C/C=C/[C@H]1CC1c1cc(-c2cnc(OC)nc2OC)nnc1C. The van der Waals surface area contributed by atoms with E-state index in [1.54, 1.807) is 13.3 Å². The fraction of sp³-hybridized carbons (Fsp3) is 0.412. The second-order valence-electron chi connectivity index (χ2n) is 5.58. The van der Waals surface area contributed by atoms with Crippen molar-refractivity contribution in [3.63, 3.8) is 0 Å². The molecule has 1 fully saturated rings. The highest BCUT2D eigenvalue weighted by atomic mass is 16.5. The molecule has 1 saturated carbocycles. The molecule has 0 N–H and O–H groups in total. The van der Waals surface area contributed by atoms with Gasteiger partial charge in [-0.05, 0) is 43.7 Å². The van der Waals surface area contributed by atoms with Crippen LogP contribution in [0, 0.1) is 12.8 Å². The van der Waals surface area contributed by atoms with Gasteiger partial charge in [-0.3, -0.25) is 0 Å². The van der Waals surface area contributed by atoms with Crippen LogP contribution in [-0.4, -0.2) is 34.4 Å². The molecule has 0 saturated heterocycles. The minimum absolute atomic E-state index is 0.265. The molecule has 23 heavy (non-hydrogen) atoms. The monoisotopic (exact) mass is 312 g/mol. The van der Waals surface area contributed by atoms with E-state index in [-0.39, 0.29) is 6.01 Å². The first-order chi connectivity index (χ1) is 11.2. The van der Waals surface area contributed by atoms with Crippen LogP contribution in [0.1, 0.15) is 30.5 Å². The molecule has 0 bridgehead atoms. The van der Waals surface area contributed by atoms with Gasteiger partial charge in [0.25, 0.3) is 0 Å². The zero-order chi connectivity index (χ0) is 16.4. The van der Waals surface area contributed by atoms with E-state index in [1.165, 1.54) is 12.7 Å². The van der Waals surface area contributed by atoms with E-state index in [0.717, 1.165) is 17.8 Å². The number of aryl methyl sites for hydroxylation is 1. The first kappa shape index (κ1) is 15.4. The van der Waals surface area contributed by atoms with Crippen LogP contribution in [0.5, 0.6) is 11.9 Å². The Kier molecular flexibility index (Phi) is 4.23. The van der Waals surface area contributed by atoms with Crippen LogP contribution in [0.3, 0.4) is 0 Å². The van der Waals surface area contributed by atoms with Gasteiger partial charge in [-0.2, -0.15) is 10.1 Å². The Bertz CT molecular complexity index is 745. The first-order valence-corrected chi connectivity index (χ1v) is 7.60. The third-order valence-electron chi connectivity index (χ3n) is 4.08. The summed E-state index contributed by atoms with van der Waals surface area (Å²) in [5, 5.41) is 8.60. The summed E-state index contributed by atoms with van der Waals surface area (Å²) in [7, 11) is 3.09. The van der Waals surface area contributed by atoms with E-state index in [0.29, 0.717) is 23.3 Å². The van der Waals surface area contributed by atoms with Crippen molar-refractivity contribution in [2.75, 3.05) is 14.2 Å². The largest absolute Gasteiger partial charge is 0.480 e. The predicted octanol–water partition coefficient (Wildman–Crippen LogP) is 2.94. The van der Waals surface area contributed by atoms with Crippen molar-refractivity contribution < 1.29 is 9.47 Å². The number of ether oxygens (including phenoxy) is 2. The minimum Gasteiger partial charge on any atom is -0.480 e. The second kappa shape index (κ2) is 6.32. The number of nitrogens with zero attached hydrogens (tertiary/aromatic N) is 4. The summed E-state index contributed by atoms with van der Waals surface area (Å²) < 4.78 is 10.4. The van der Waals surface area contributed by atoms with E-state index in [9.17, 15) is 0 Å². The van der Waals surface area contributed by atoms with Crippen LogP contribution in [0.4, 0.5) is 0 Å². The summed E-state index contributed by atoms with van der Waals surface area (Å²) in [5.41, 5.74) is 3.64. The number of hydrogen-bond acceptors (Lipinski definition) is 6. The lowest BCUT2D eigenvalue weighted by atomic mass is 10.1. The highest BCUT2D eigenvalue weighted by molar-refractivity contribution is 5.65. The number of rotatable bonds is 5. The Hall–Kier alpha value is -2.50. The molecule has 0 aromatic carbocycles. The first-order valence-electron chi connectivity index (χ1n) is 7.60. The van der Waals surface area contributed by atoms with Gasteiger partial charge in [0.2, 0.25) is 5.88 Å². The third-order valence-corrected chi connectivity index (χ3v) is 4.08. The van der Waals surface area contributed by atoms with Crippen LogP contribution in [-0.2, 0) is 0 Å². The molecular formula is C17H20N4O2.